The molecule has 1 aliphatic rings. The number of hydrogen-bond acceptors (Lipinski definition) is 5. The second kappa shape index (κ2) is 8.62. The fraction of sp³-hybridized carbons (Fsp3) is 1.00. The Morgan fingerprint density at radius 3 is 2.16 bits per heavy atom. The van der Waals surface area contributed by atoms with Crippen molar-refractivity contribution in [1.82, 2.24) is 0 Å². The topological polar surface area (TPSA) is 46.2 Å². The highest BCUT2D eigenvalue weighted by atomic mass is 28.4. The molecular formula is C15H28F4O5Si. The Hall–Kier alpha value is -0.263. The summed E-state index contributed by atoms with van der Waals surface area (Å²) in [5, 5.41) is 0. The van der Waals surface area contributed by atoms with E-state index in [0.717, 1.165) is 0 Å². The molecule has 5 nitrogen and oxygen atoms in total. The smallest absolute Gasteiger partial charge is 0.333 e. The van der Waals surface area contributed by atoms with E-state index in [4.69, 9.17) is 23.4 Å². The van der Waals surface area contributed by atoms with E-state index in [0.29, 0.717) is 0 Å². The molecule has 0 aromatic heterocycles. The first-order valence-electron chi connectivity index (χ1n) is 8.10. The van der Waals surface area contributed by atoms with Gasteiger partial charge in [0.2, 0.25) is 11.9 Å². The fourth-order valence-corrected chi connectivity index (χ4v) is 3.47. The summed E-state index contributed by atoms with van der Waals surface area (Å²) in [6.45, 7) is 7.55. The van der Waals surface area contributed by atoms with Gasteiger partial charge < -0.3 is 23.4 Å². The number of halogens is 4. The highest BCUT2D eigenvalue weighted by Crippen LogP contribution is 2.52. The molecule has 0 aliphatic carbocycles. The molecule has 0 bridgehead atoms. The van der Waals surface area contributed by atoms with Gasteiger partial charge in [-0.15, -0.1) is 0 Å². The van der Waals surface area contributed by atoms with Crippen LogP contribution in [0.5, 0.6) is 0 Å². The van der Waals surface area contributed by atoms with E-state index in [9.17, 15) is 17.6 Å². The third-order valence-electron chi connectivity index (χ3n) is 3.71. The van der Waals surface area contributed by atoms with Crippen LogP contribution in [0.3, 0.4) is 0 Å². The maximum atomic E-state index is 15.0. The Morgan fingerprint density at radius 2 is 1.72 bits per heavy atom. The van der Waals surface area contributed by atoms with Gasteiger partial charge in [0.15, 0.2) is 8.32 Å². The van der Waals surface area contributed by atoms with Crippen molar-refractivity contribution in [1.29, 1.82) is 0 Å². The molecule has 0 aromatic rings. The Labute approximate surface area is 147 Å². The first-order chi connectivity index (χ1) is 11.4. The lowest BCUT2D eigenvalue weighted by Crippen LogP contribution is -2.62. The number of alkyl halides is 4. The third-order valence-corrected chi connectivity index (χ3v) is 4.63. The molecule has 0 spiro atoms. The lowest BCUT2D eigenvalue weighted by Gasteiger charge is -2.38. The van der Waals surface area contributed by atoms with Crippen LogP contribution in [0.1, 0.15) is 13.8 Å². The van der Waals surface area contributed by atoms with E-state index in [-0.39, 0.29) is 13.2 Å². The van der Waals surface area contributed by atoms with Crippen molar-refractivity contribution >= 4 is 8.32 Å². The van der Waals surface area contributed by atoms with Crippen molar-refractivity contribution in [2.24, 2.45) is 5.92 Å². The van der Waals surface area contributed by atoms with Crippen LogP contribution in [0.2, 0.25) is 19.6 Å². The predicted molar refractivity (Wildman–Crippen MR) is 85.4 cm³/mol. The van der Waals surface area contributed by atoms with Crippen LogP contribution < -0.4 is 0 Å². The second-order valence-electron chi connectivity index (χ2n) is 7.24. The van der Waals surface area contributed by atoms with Crippen LogP contribution in [0.4, 0.5) is 17.6 Å². The van der Waals surface area contributed by atoms with Crippen molar-refractivity contribution in [2.45, 2.75) is 63.8 Å². The zero-order valence-corrected chi connectivity index (χ0v) is 16.5. The van der Waals surface area contributed by atoms with Crippen LogP contribution in [0.25, 0.3) is 0 Å². The van der Waals surface area contributed by atoms with Crippen LogP contribution in [-0.2, 0) is 23.4 Å². The van der Waals surface area contributed by atoms with E-state index in [1.807, 2.05) is 0 Å². The molecule has 3 unspecified atom stereocenters. The number of rotatable bonds is 10. The molecule has 150 valence electrons. The third kappa shape index (κ3) is 4.92. The average molecular weight is 392 g/mol. The summed E-state index contributed by atoms with van der Waals surface area (Å²) in [6, 6.07) is 0. The SMILES string of the molecule is COCCOCOC1(C(F)F)C(C(C)C)OC(O[Si](C)(C)C)C1(F)F. The van der Waals surface area contributed by atoms with Gasteiger partial charge >= 0.3 is 5.92 Å². The maximum absolute atomic E-state index is 15.0. The predicted octanol–water partition coefficient (Wildman–Crippen LogP) is 3.50. The average Bonchev–Trinajstić information content (AvgIpc) is 2.66. The van der Waals surface area contributed by atoms with Crippen molar-refractivity contribution in [3.63, 3.8) is 0 Å². The minimum Gasteiger partial charge on any atom is -0.389 e. The fourth-order valence-electron chi connectivity index (χ4n) is 2.62. The molecule has 0 saturated carbocycles. The van der Waals surface area contributed by atoms with Gasteiger partial charge in [0.25, 0.3) is 6.43 Å². The summed E-state index contributed by atoms with van der Waals surface area (Å²) in [4.78, 5) is 0. The van der Waals surface area contributed by atoms with Gasteiger partial charge in [0.1, 0.15) is 12.9 Å². The Kier molecular flexibility index (Phi) is 7.85. The van der Waals surface area contributed by atoms with Crippen LogP contribution in [-0.4, -0.2) is 65.8 Å². The first kappa shape index (κ1) is 22.8. The normalized spacial score (nSPS) is 29.8. The molecule has 1 fully saturated rings. The highest BCUT2D eigenvalue weighted by Gasteiger charge is 2.76. The van der Waals surface area contributed by atoms with Crippen molar-refractivity contribution in [3.8, 4) is 0 Å². The van der Waals surface area contributed by atoms with E-state index >= 15 is 0 Å². The zero-order chi connectivity index (χ0) is 19.5. The molecule has 1 aliphatic heterocycles. The summed E-state index contributed by atoms with van der Waals surface area (Å²) in [6.07, 6.45) is -7.12. The zero-order valence-electron chi connectivity index (χ0n) is 15.5. The lowest BCUT2D eigenvalue weighted by atomic mass is 9.85. The van der Waals surface area contributed by atoms with Gasteiger partial charge in [-0.3, -0.25) is 0 Å². The standard InChI is InChI=1S/C15H28F4O5Si/c1-10(2)11-14(12(16)17,22-9-21-8-7-20-3)15(18,19)13(23-11)24-25(4,5)6/h10-13H,7-9H2,1-6H3. The Balaban J connectivity index is 3.10. The van der Waals surface area contributed by atoms with Gasteiger partial charge in [0.05, 0.1) is 13.2 Å². The van der Waals surface area contributed by atoms with E-state index in [2.05, 4.69) is 0 Å². The number of ether oxygens (including phenoxy) is 4. The monoisotopic (exact) mass is 392 g/mol. The summed E-state index contributed by atoms with van der Waals surface area (Å²) in [5.41, 5.74) is -3.14. The van der Waals surface area contributed by atoms with E-state index in [1.165, 1.54) is 21.0 Å². The largest absolute Gasteiger partial charge is 0.389 e. The number of hydrogen-bond donors (Lipinski definition) is 0. The summed E-state index contributed by atoms with van der Waals surface area (Å²) >= 11 is 0. The molecule has 0 radical (unpaired) electrons. The summed E-state index contributed by atoms with van der Waals surface area (Å²) < 4.78 is 83.0. The van der Waals surface area contributed by atoms with Crippen LogP contribution >= 0.6 is 0 Å². The number of methoxy groups -OCH3 is 1. The molecular weight excluding hydrogens is 364 g/mol. The van der Waals surface area contributed by atoms with E-state index < -0.39 is 51.4 Å². The van der Waals surface area contributed by atoms with Crippen molar-refractivity contribution in [2.75, 3.05) is 27.1 Å². The minimum atomic E-state index is -4.04. The minimum absolute atomic E-state index is 0.0312. The first-order valence-corrected chi connectivity index (χ1v) is 11.5. The molecule has 0 amide bonds. The molecule has 10 heteroatoms. The Morgan fingerprint density at radius 1 is 1.12 bits per heavy atom. The van der Waals surface area contributed by atoms with Crippen LogP contribution in [0, 0.1) is 5.92 Å². The Bertz CT molecular complexity index is 419. The quantitative estimate of drug-likeness (QED) is 0.246. The molecule has 25 heavy (non-hydrogen) atoms. The van der Waals surface area contributed by atoms with Gasteiger partial charge in [-0.25, -0.2) is 8.78 Å². The van der Waals surface area contributed by atoms with Gasteiger partial charge in [0, 0.05) is 7.11 Å². The van der Waals surface area contributed by atoms with Gasteiger partial charge in [-0.05, 0) is 25.6 Å². The summed E-state index contributed by atoms with van der Waals surface area (Å²) in [7, 11) is -1.05. The highest BCUT2D eigenvalue weighted by molar-refractivity contribution is 6.69. The van der Waals surface area contributed by atoms with Gasteiger partial charge in [-0.2, -0.15) is 8.78 Å². The molecule has 1 saturated heterocycles. The van der Waals surface area contributed by atoms with Crippen molar-refractivity contribution < 1.29 is 40.9 Å². The maximum Gasteiger partial charge on any atom is 0.333 e. The molecule has 0 N–H and O–H groups in total. The van der Waals surface area contributed by atoms with E-state index in [1.54, 1.807) is 19.6 Å². The van der Waals surface area contributed by atoms with Crippen LogP contribution in [0.15, 0.2) is 0 Å². The molecule has 0 aromatic carbocycles. The summed E-state index contributed by atoms with van der Waals surface area (Å²) in [5.74, 6) is -4.69. The van der Waals surface area contributed by atoms with Crippen molar-refractivity contribution in [3.05, 3.63) is 0 Å². The van der Waals surface area contributed by atoms with Gasteiger partial charge in [-0.1, -0.05) is 13.8 Å². The lowest BCUT2D eigenvalue weighted by molar-refractivity contribution is -0.293. The molecule has 1 heterocycles. The molecule has 3 atom stereocenters. The second-order valence-corrected chi connectivity index (χ2v) is 11.7. The molecule has 1 rings (SSSR count).